The zero-order valence-electron chi connectivity index (χ0n) is 16.5. The second-order valence-corrected chi connectivity index (χ2v) is 7.67. The summed E-state index contributed by atoms with van der Waals surface area (Å²) in [7, 11) is 2.75. The highest BCUT2D eigenvalue weighted by atomic mass is 32.1. The van der Waals surface area contributed by atoms with Crippen LogP contribution in [0, 0.1) is 5.82 Å². The van der Waals surface area contributed by atoms with E-state index in [2.05, 4.69) is 4.98 Å². The molecule has 2 aromatic carbocycles. The molecule has 1 N–H and O–H groups in total. The van der Waals surface area contributed by atoms with Gasteiger partial charge in [-0.15, -0.1) is 0 Å². The molecule has 0 aliphatic rings. The van der Waals surface area contributed by atoms with E-state index in [-0.39, 0.29) is 33.5 Å². The smallest absolute Gasteiger partial charge is 0.419 e. The van der Waals surface area contributed by atoms with E-state index >= 15 is 0 Å². The van der Waals surface area contributed by atoms with Gasteiger partial charge in [0.25, 0.3) is 5.56 Å². The van der Waals surface area contributed by atoms with Gasteiger partial charge in [-0.2, -0.15) is 13.2 Å². The van der Waals surface area contributed by atoms with Crippen molar-refractivity contribution in [1.82, 2.24) is 9.38 Å². The summed E-state index contributed by atoms with van der Waals surface area (Å²) < 4.78 is 63.9. The number of rotatable bonds is 4. The summed E-state index contributed by atoms with van der Waals surface area (Å²) in [5.41, 5.74) is -0.974. The average Bonchev–Trinajstić information content (AvgIpc) is 3.27. The summed E-state index contributed by atoms with van der Waals surface area (Å²) in [5.74, 6) is -1.27. The second kappa shape index (κ2) is 7.83. The first-order chi connectivity index (χ1) is 15.1. The number of imidazole rings is 1. The van der Waals surface area contributed by atoms with Crippen LogP contribution in [0.2, 0.25) is 0 Å². The average molecular weight is 466 g/mol. The summed E-state index contributed by atoms with van der Waals surface area (Å²) in [6, 6.07) is 5.53. The molecular formula is C21H14F4N2O4S. The molecule has 6 nitrogen and oxygen atoms in total. The number of fused-ring (bicyclic) bond motifs is 1. The maximum atomic E-state index is 13.9. The van der Waals surface area contributed by atoms with E-state index in [9.17, 15) is 27.5 Å². The number of halogens is 4. The van der Waals surface area contributed by atoms with E-state index in [4.69, 9.17) is 9.47 Å². The minimum atomic E-state index is -4.80. The molecule has 0 radical (unpaired) electrons. The molecule has 0 aliphatic heterocycles. The predicted octanol–water partition coefficient (Wildman–Crippen LogP) is 3.85. The van der Waals surface area contributed by atoms with Crippen molar-refractivity contribution in [1.29, 1.82) is 0 Å². The van der Waals surface area contributed by atoms with Crippen molar-refractivity contribution in [2.24, 2.45) is 0 Å². The SMILES string of the molecule is COc1cc(/C=c2\sc3nc(-c4ccc(C(F)(F)F)c(F)c4)cn3c2=O)cc(OC)c1O. The van der Waals surface area contributed by atoms with E-state index in [1.807, 2.05) is 0 Å². The number of ether oxygens (including phenoxy) is 2. The van der Waals surface area contributed by atoms with Crippen molar-refractivity contribution < 1.29 is 32.1 Å². The van der Waals surface area contributed by atoms with Crippen LogP contribution in [-0.4, -0.2) is 28.7 Å². The number of hydrogen-bond donors (Lipinski definition) is 1. The number of methoxy groups -OCH3 is 2. The van der Waals surface area contributed by atoms with Crippen LogP contribution in [0.3, 0.4) is 0 Å². The van der Waals surface area contributed by atoms with Gasteiger partial charge >= 0.3 is 6.18 Å². The number of phenols is 1. The summed E-state index contributed by atoms with van der Waals surface area (Å²) in [6.07, 6.45) is -1.90. The van der Waals surface area contributed by atoms with Crippen molar-refractivity contribution >= 4 is 22.4 Å². The van der Waals surface area contributed by atoms with Crippen LogP contribution in [0.5, 0.6) is 17.2 Å². The highest BCUT2D eigenvalue weighted by molar-refractivity contribution is 7.15. The third kappa shape index (κ3) is 3.75. The Kier molecular flexibility index (Phi) is 5.29. The zero-order valence-corrected chi connectivity index (χ0v) is 17.3. The monoisotopic (exact) mass is 466 g/mol. The molecule has 11 heteroatoms. The molecular weight excluding hydrogens is 452 g/mol. The van der Waals surface area contributed by atoms with Gasteiger partial charge in [-0.05, 0) is 35.9 Å². The number of phenolic OH excluding ortho intramolecular Hbond substituents is 1. The number of aromatic hydroxyl groups is 1. The van der Waals surface area contributed by atoms with Gasteiger partial charge in [0.2, 0.25) is 5.75 Å². The summed E-state index contributed by atoms with van der Waals surface area (Å²) in [4.78, 5) is 17.3. The Morgan fingerprint density at radius 3 is 2.31 bits per heavy atom. The van der Waals surface area contributed by atoms with Crippen LogP contribution >= 0.6 is 11.3 Å². The Hall–Kier alpha value is -3.60. The first-order valence-electron chi connectivity index (χ1n) is 8.98. The fourth-order valence-electron chi connectivity index (χ4n) is 3.12. The highest BCUT2D eigenvalue weighted by Crippen LogP contribution is 2.37. The number of benzene rings is 2. The van der Waals surface area contributed by atoms with Crippen LogP contribution < -0.4 is 19.6 Å². The number of nitrogens with zero attached hydrogens (tertiary/aromatic N) is 2. The van der Waals surface area contributed by atoms with Gasteiger partial charge in [0.1, 0.15) is 5.82 Å². The fourth-order valence-corrected chi connectivity index (χ4v) is 4.08. The molecule has 0 amide bonds. The van der Waals surface area contributed by atoms with Gasteiger partial charge in [0, 0.05) is 11.8 Å². The highest BCUT2D eigenvalue weighted by Gasteiger charge is 2.34. The Morgan fingerprint density at radius 1 is 1.12 bits per heavy atom. The molecule has 0 unspecified atom stereocenters. The molecule has 0 bridgehead atoms. The quantitative estimate of drug-likeness (QED) is 0.463. The van der Waals surface area contributed by atoms with Crippen LogP contribution in [0.4, 0.5) is 17.6 Å². The molecule has 0 atom stereocenters. The lowest BCUT2D eigenvalue weighted by Crippen LogP contribution is -2.22. The van der Waals surface area contributed by atoms with E-state index in [1.165, 1.54) is 36.9 Å². The zero-order chi connectivity index (χ0) is 23.2. The van der Waals surface area contributed by atoms with Crippen molar-refractivity contribution in [3.8, 4) is 28.5 Å². The molecule has 2 aromatic heterocycles. The lowest BCUT2D eigenvalue weighted by atomic mass is 10.1. The van der Waals surface area contributed by atoms with Crippen LogP contribution in [0.1, 0.15) is 11.1 Å². The van der Waals surface area contributed by atoms with Crippen molar-refractivity contribution in [2.75, 3.05) is 14.2 Å². The van der Waals surface area contributed by atoms with Gasteiger partial charge in [-0.3, -0.25) is 9.20 Å². The van der Waals surface area contributed by atoms with Crippen LogP contribution in [0.25, 0.3) is 22.3 Å². The van der Waals surface area contributed by atoms with Gasteiger partial charge in [-0.1, -0.05) is 17.4 Å². The molecule has 0 fully saturated rings. The standard InChI is InChI=1S/C21H14F4N2O4S/c1-30-15-5-10(6-16(31-2)18(15)28)7-17-19(29)27-9-14(26-20(27)32-17)11-3-4-12(13(22)8-11)21(23,24)25/h3-9,28H,1-2H3/b17-7-. The minimum Gasteiger partial charge on any atom is -0.502 e. The predicted molar refractivity (Wildman–Crippen MR) is 110 cm³/mol. The molecule has 166 valence electrons. The summed E-state index contributed by atoms with van der Waals surface area (Å²) in [6.45, 7) is 0. The molecule has 4 rings (SSSR count). The lowest BCUT2D eigenvalue weighted by molar-refractivity contribution is -0.139. The molecule has 0 aliphatic carbocycles. The number of thiazole rings is 1. The largest absolute Gasteiger partial charge is 0.502 e. The van der Waals surface area contributed by atoms with Crippen molar-refractivity contribution in [2.45, 2.75) is 6.18 Å². The number of hydrogen-bond acceptors (Lipinski definition) is 6. The molecule has 2 heterocycles. The van der Waals surface area contributed by atoms with E-state index < -0.39 is 23.1 Å². The van der Waals surface area contributed by atoms with Gasteiger partial charge < -0.3 is 14.6 Å². The van der Waals surface area contributed by atoms with Crippen LogP contribution in [-0.2, 0) is 6.18 Å². The first-order valence-corrected chi connectivity index (χ1v) is 9.79. The molecule has 32 heavy (non-hydrogen) atoms. The molecule has 0 saturated heterocycles. The van der Waals surface area contributed by atoms with E-state index in [1.54, 1.807) is 6.08 Å². The number of aromatic nitrogens is 2. The maximum absolute atomic E-state index is 13.9. The minimum absolute atomic E-state index is 0.115. The fraction of sp³-hybridized carbons (Fsp3) is 0.143. The summed E-state index contributed by atoms with van der Waals surface area (Å²) in [5, 5.41) is 10.0. The Labute approximate surface area is 181 Å². The molecule has 0 spiro atoms. The third-order valence-electron chi connectivity index (χ3n) is 4.67. The number of alkyl halides is 3. The van der Waals surface area contributed by atoms with Crippen molar-refractivity contribution in [3.63, 3.8) is 0 Å². The summed E-state index contributed by atoms with van der Waals surface area (Å²) >= 11 is 1.04. The Balaban J connectivity index is 1.76. The Bertz CT molecular complexity index is 1420. The Morgan fingerprint density at radius 2 is 1.78 bits per heavy atom. The van der Waals surface area contributed by atoms with E-state index in [0.717, 1.165) is 23.5 Å². The third-order valence-corrected chi connectivity index (χ3v) is 5.66. The van der Waals surface area contributed by atoms with Gasteiger partial charge in [-0.25, -0.2) is 9.37 Å². The second-order valence-electron chi connectivity index (χ2n) is 6.66. The lowest BCUT2D eigenvalue weighted by Gasteiger charge is -2.09. The first kappa shape index (κ1) is 21.6. The molecule has 0 saturated carbocycles. The topological polar surface area (TPSA) is 73.1 Å². The van der Waals surface area contributed by atoms with E-state index in [0.29, 0.717) is 16.2 Å². The maximum Gasteiger partial charge on any atom is 0.419 e. The van der Waals surface area contributed by atoms with Crippen molar-refractivity contribution in [3.05, 3.63) is 68.4 Å². The normalized spacial score (nSPS) is 12.5. The van der Waals surface area contributed by atoms with Gasteiger partial charge in [0.05, 0.1) is 30.0 Å². The van der Waals surface area contributed by atoms with Crippen LogP contribution in [0.15, 0.2) is 41.3 Å². The molecule has 4 aromatic rings. The van der Waals surface area contributed by atoms with Gasteiger partial charge in [0.15, 0.2) is 16.5 Å².